The summed E-state index contributed by atoms with van der Waals surface area (Å²) in [5.74, 6) is 0. The van der Waals surface area contributed by atoms with E-state index < -0.39 is 0 Å². The molecule has 0 saturated carbocycles. The molecule has 4 rings (SSSR count). The Balaban J connectivity index is 2.16. The van der Waals surface area contributed by atoms with Crippen LogP contribution in [0.4, 0.5) is 0 Å². The Morgan fingerprint density at radius 2 is 1.70 bits per heavy atom. The summed E-state index contributed by atoms with van der Waals surface area (Å²) in [7, 11) is 0. The van der Waals surface area contributed by atoms with Gasteiger partial charge in [0.05, 0.1) is 5.52 Å². The van der Waals surface area contributed by atoms with Gasteiger partial charge in [-0.15, -0.1) is 0 Å². The van der Waals surface area contributed by atoms with E-state index in [0.29, 0.717) is 0 Å². The Bertz CT molecular complexity index is 910. The predicted octanol–water partition coefficient (Wildman–Crippen LogP) is 3.48. The highest BCUT2D eigenvalue weighted by molar-refractivity contribution is 6.06. The number of aromatic nitrogens is 4. The molecule has 2 aromatic heterocycles. The number of hydrogen-bond acceptors (Lipinski definition) is 3. The van der Waals surface area contributed by atoms with Crippen LogP contribution in [-0.4, -0.2) is 20.4 Å². The summed E-state index contributed by atoms with van der Waals surface area (Å²) in [4.78, 5) is 4.78. The number of nitrogens with one attached hydrogen (secondary N) is 1. The van der Waals surface area contributed by atoms with Gasteiger partial charge in [0.1, 0.15) is 16.7 Å². The van der Waals surface area contributed by atoms with Crippen LogP contribution in [-0.2, 0) is 0 Å². The van der Waals surface area contributed by atoms with Crippen LogP contribution >= 0.6 is 0 Å². The molecule has 0 aliphatic carbocycles. The third-order valence-electron chi connectivity index (χ3n) is 3.46. The minimum Gasteiger partial charge on any atom is -0.245 e. The second kappa shape index (κ2) is 4.13. The quantitative estimate of drug-likeness (QED) is 0.570. The third kappa shape index (κ3) is 1.58. The molecule has 0 atom stereocenters. The Morgan fingerprint density at radius 1 is 0.900 bits per heavy atom. The number of H-pyrrole nitrogens is 1. The summed E-state index contributed by atoms with van der Waals surface area (Å²) >= 11 is 0. The van der Waals surface area contributed by atoms with Crippen LogP contribution < -0.4 is 0 Å². The maximum Gasteiger partial charge on any atom is 0.139 e. The molecular formula is C16H12N4. The minimum absolute atomic E-state index is 0.813. The molecule has 0 aliphatic heterocycles. The zero-order chi connectivity index (χ0) is 13.5. The fourth-order valence-electron chi connectivity index (χ4n) is 2.49. The first kappa shape index (κ1) is 11.1. The van der Waals surface area contributed by atoms with Gasteiger partial charge >= 0.3 is 0 Å². The lowest BCUT2D eigenvalue weighted by molar-refractivity contribution is 0.960. The number of fused-ring (bicyclic) bond motifs is 3. The van der Waals surface area contributed by atoms with E-state index in [2.05, 4.69) is 40.5 Å². The van der Waals surface area contributed by atoms with E-state index in [4.69, 9.17) is 4.98 Å². The average Bonchev–Trinajstić information content (AvgIpc) is 2.96. The summed E-state index contributed by atoms with van der Waals surface area (Å²) < 4.78 is 0. The van der Waals surface area contributed by atoms with Crippen molar-refractivity contribution in [3.63, 3.8) is 0 Å². The van der Waals surface area contributed by atoms with Crippen molar-refractivity contribution in [1.29, 1.82) is 0 Å². The minimum atomic E-state index is 0.813. The van der Waals surface area contributed by atoms with Crippen molar-refractivity contribution >= 4 is 21.9 Å². The Labute approximate surface area is 115 Å². The van der Waals surface area contributed by atoms with E-state index in [9.17, 15) is 0 Å². The number of pyridine rings is 1. The molecule has 1 N–H and O–H groups in total. The van der Waals surface area contributed by atoms with Crippen molar-refractivity contribution < 1.29 is 0 Å². The highest BCUT2D eigenvalue weighted by Gasteiger charge is 2.13. The third-order valence-corrected chi connectivity index (χ3v) is 3.46. The predicted molar refractivity (Wildman–Crippen MR) is 79.4 cm³/mol. The summed E-state index contributed by atoms with van der Waals surface area (Å²) in [5, 5.41) is 12.3. The second-order valence-electron chi connectivity index (χ2n) is 4.87. The standard InChI is InChI=1S/C16H12N4/c1-10-7-8-12-13(9-10)17-14(11-5-3-2-4-6-11)16-15(12)18-20-19-16/h2-9H,1H3,(H,18,19,20). The molecule has 0 bridgehead atoms. The fraction of sp³-hybridized carbons (Fsp3) is 0.0625. The number of rotatable bonds is 1. The van der Waals surface area contributed by atoms with E-state index in [0.717, 1.165) is 33.2 Å². The average molecular weight is 260 g/mol. The van der Waals surface area contributed by atoms with Gasteiger partial charge in [0, 0.05) is 10.9 Å². The highest BCUT2D eigenvalue weighted by atomic mass is 15.3. The molecule has 0 spiro atoms. The fourth-order valence-corrected chi connectivity index (χ4v) is 2.49. The van der Waals surface area contributed by atoms with Gasteiger partial charge in [-0.05, 0) is 18.6 Å². The van der Waals surface area contributed by atoms with E-state index >= 15 is 0 Å². The molecule has 0 fully saturated rings. The number of aromatic amines is 1. The molecule has 2 aromatic carbocycles. The number of aryl methyl sites for hydroxylation is 1. The van der Waals surface area contributed by atoms with E-state index in [1.54, 1.807) is 0 Å². The monoisotopic (exact) mass is 260 g/mol. The van der Waals surface area contributed by atoms with Crippen LogP contribution in [0.25, 0.3) is 33.2 Å². The molecule has 0 saturated heterocycles. The molecular weight excluding hydrogens is 248 g/mol. The van der Waals surface area contributed by atoms with Crippen LogP contribution in [0.5, 0.6) is 0 Å². The van der Waals surface area contributed by atoms with Crippen molar-refractivity contribution in [3.05, 3.63) is 54.1 Å². The van der Waals surface area contributed by atoms with Crippen LogP contribution in [0.3, 0.4) is 0 Å². The normalized spacial score (nSPS) is 11.2. The summed E-state index contributed by atoms with van der Waals surface area (Å²) in [6.45, 7) is 2.07. The van der Waals surface area contributed by atoms with Crippen molar-refractivity contribution in [2.24, 2.45) is 0 Å². The van der Waals surface area contributed by atoms with Gasteiger partial charge < -0.3 is 0 Å². The van der Waals surface area contributed by atoms with Crippen LogP contribution in [0.2, 0.25) is 0 Å². The second-order valence-corrected chi connectivity index (χ2v) is 4.87. The summed E-state index contributed by atoms with van der Waals surface area (Å²) in [6.07, 6.45) is 0. The smallest absolute Gasteiger partial charge is 0.139 e. The zero-order valence-electron chi connectivity index (χ0n) is 11.0. The van der Waals surface area contributed by atoms with Gasteiger partial charge in [0.25, 0.3) is 0 Å². The van der Waals surface area contributed by atoms with E-state index in [1.807, 2.05) is 30.3 Å². The number of benzene rings is 2. The molecule has 0 aliphatic rings. The number of nitrogens with zero attached hydrogens (tertiary/aromatic N) is 3. The molecule has 0 unspecified atom stereocenters. The lowest BCUT2D eigenvalue weighted by Crippen LogP contribution is -1.89. The molecule has 4 heteroatoms. The van der Waals surface area contributed by atoms with Gasteiger partial charge in [-0.3, -0.25) is 0 Å². The molecule has 20 heavy (non-hydrogen) atoms. The Kier molecular flexibility index (Phi) is 2.29. The first-order valence-corrected chi connectivity index (χ1v) is 6.49. The van der Waals surface area contributed by atoms with Crippen molar-refractivity contribution in [2.45, 2.75) is 6.92 Å². The first-order chi connectivity index (χ1) is 9.83. The molecule has 4 aromatic rings. The topological polar surface area (TPSA) is 54.5 Å². The maximum absolute atomic E-state index is 4.78. The van der Waals surface area contributed by atoms with Crippen LogP contribution in [0, 0.1) is 6.92 Å². The lowest BCUT2D eigenvalue weighted by atomic mass is 10.1. The number of hydrogen-bond donors (Lipinski definition) is 1. The molecule has 0 amide bonds. The molecule has 0 radical (unpaired) electrons. The molecule has 2 heterocycles. The zero-order valence-corrected chi connectivity index (χ0v) is 11.0. The Morgan fingerprint density at radius 3 is 2.55 bits per heavy atom. The van der Waals surface area contributed by atoms with Gasteiger partial charge in [-0.2, -0.15) is 15.4 Å². The van der Waals surface area contributed by atoms with E-state index in [1.165, 1.54) is 5.56 Å². The largest absolute Gasteiger partial charge is 0.245 e. The van der Waals surface area contributed by atoms with Gasteiger partial charge in [-0.1, -0.05) is 42.5 Å². The van der Waals surface area contributed by atoms with Crippen molar-refractivity contribution in [3.8, 4) is 11.3 Å². The van der Waals surface area contributed by atoms with Crippen molar-refractivity contribution in [1.82, 2.24) is 20.4 Å². The molecule has 96 valence electrons. The van der Waals surface area contributed by atoms with Gasteiger partial charge in [0.2, 0.25) is 0 Å². The van der Waals surface area contributed by atoms with Gasteiger partial charge in [0.15, 0.2) is 0 Å². The SMILES string of the molecule is Cc1ccc2c(c1)nc(-c1ccccc1)c1n[nH]nc12. The van der Waals surface area contributed by atoms with Crippen molar-refractivity contribution in [2.75, 3.05) is 0 Å². The summed E-state index contributed by atoms with van der Waals surface area (Å²) in [5.41, 5.74) is 5.74. The van der Waals surface area contributed by atoms with Crippen LogP contribution in [0.1, 0.15) is 5.56 Å². The first-order valence-electron chi connectivity index (χ1n) is 6.49. The Hall–Kier alpha value is -2.75. The highest BCUT2D eigenvalue weighted by Crippen LogP contribution is 2.29. The maximum atomic E-state index is 4.78. The van der Waals surface area contributed by atoms with Gasteiger partial charge in [-0.25, -0.2) is 4.98 Å². The summed E-state index contributed by atoms with van der Waals surface area (Å²) in [6, 6.07) is 16.3. The van der Waals surface area contributed by atoms with Crippen LogP contribution in [0.15, 0.2) is 48.5 Å². The lowest BCUT2D eigenvalue weighted by Gasteiger charge is -2.05. The van der Waals surface area contributed by atoms with E-state index in [-0.39, 0.29) is 0 Å². The molecule has 4 nitrogen and oxygen atoms in total.